The lowest BCUT2D eigenvalue weighted by molar-refractivity contribution is -0.140. The molecule has 1 heterocycles. The Morgan fingerprint density at radius 1 is 1.11 bits per heavy atom. The van der Waals surface area contributed by atoms with Gasteiger partial charge in [-0.15, -0.1) is 0 Å². The first-order valence-corrected chi connectivity index (χ1v) is 6.90. The van der Waals surface area contributed by atoms with Crippen molar-refractivity contribution in [3.8, 4) is 0 Å². The van der Waals surface area contributed by atoms with Gasteiger partial charge in [0.25, 0.3) is 0 Å². The van der Waals surface area contributed by atoms with Crippen molar-refractivity contribution in [3.63, 3.8) is 0 Å². The molecule has 0 aromatic heterocycles. The van der Waals surface area contributed by atoms with Crippen LogP contribution < -0.4 is 0 Å². The third kappa shape index (κ3) is 6.27. The molecule has 0 atom stereocenters. The summed E-state index contributed by atoms with van der Waals surface area (Å²) in [4.78, 5) is 25.9. The van der Waals surface area contributed by atoms with Gasteiger partial charge in [-0.2, -0.15) is 0 Å². The zero-order chi connectivity index (χ0) is 14.1. The van der Waals surface area contributed by atoms with Crippen LogP contribution in [-0.4, -0.2) is 42.0 Å². The molecule has 0 saturated heterocycles. The van der Waals surface area contributed by atoms with Gasteiger partial charge >= 0.3 is 5.97 Å². The number of ether oxygens (including phenoxy) is 1. The number of carbonyl (C=O) groups is 2. The second-order valence-corrected chi connectivity index (χ2v) is 4.83. The Balaban J connectivity index is 1.93. The molecular formula is C14H24N2O3. The molecule has 5 nitrogen and oxygen atoms in total. The van der Waals surface area contributed by atoms with Crippen LogP contribution in [-0.2, 0) is 14.3 Å². The first-order valence-electron chi connectivity index (χ1n) is 6.90. The van der Waals surface area contributed by atoms with Crippen LogP contribution in [0, 0.1) is 0 Å². The number of unbranched alkanes of at least 4 members (excludes halogenated alkanes) is 4. The zero-order valence-electron chi connectivity index (χ0n) is 11.9. The van der Waals surface area contributed by atoms with Crippen molar-refractivity contribution in [2.45, 2.75) is 45.4 Å². The highest BCUT2D eigenvalue weighted by Crippen LogP contribution is 2.10. The topological polar surface area (TPSA) is 49.9 Å². The largest absolute Gasteiger partial charge is 0.469 e. The molecule has 1 aliphatic heterocycles. The summed E-state index contributed by atoms with van der Waals surface area (Å²) in [5.41, 5.74) is 0. The molecule has 0 unspecified atom stereocenters. The van der Waals surface area contributed by atoms with E-state index < -0.39 is 0 Å². The summed E-state index contributed by atoms with van der Waals surface area (Å²) < 4.78 is 4.59. The van der Waals surface area contributed by atoms with Crippen LogP contribution in [0.3, 0.4) is 0 Å². The Morgan fingerprint density at radius 2 is 1.79 bits per heavy atom. The number of amides is 1. The summed E-state index contributed by atoms with van der Waals surface area (Å²) in [7, 11) is 1.43. The number of esters is 1. The standard InChI is InChI=1S/C14H24N2O3/c1-13(17)16-11-10-15(12-16)9-7-5-3-4-6-8-14(18)19-2/h10-11H,3-9,12H2,1-2H3. The van der Waals surface area contributed by atoms with Gasteiger partial charge in [0.05, 0.1) is 13.8 Å². The van der Waals surface area contributed by atoms with E-state index in [9.17, 15) is 9.59 Å². The minimum absolute atomic E-state index is 0.0848. The normalized spacial score (nSPS) is 14.0. The van der Waals surface area contributed by atoms with Crippen LogP contribution in [0.2, 0.25) is 0 Å². The van der Waals surface area contributed by atoms with Gasteiger partial charge in [0.15, 0.2) is 0 Å². The summed E-state index contributed by atoms with van der Waals surface area (Å²) in [6, 6.07) is 0. The van der Waals surface area contributed by atoms with Crippen LogP contribution in [0.5, 0.6) is 0 Å². The molecule has 0 saturated carbocycles. The Morgan fingerprint density at radius 3 is 2.42 bits per heavy atom. The van der Waals surface area contributed by atoms with E-state index in [1.165, 1.54) is 7.11 Å². The van der Waals surface area contributed by atoms with Gasteiger partial charge in [0, 0.05) is 32.3 Å². The molecule has 0 fully saturated rings. The Labute approximate surface area is 115 Å². The van der Waals surface area contributed by atoms with Gasteiger partial charge in [0.1, 0.15) is 0 Å². The minimum Gasteiger partial charge on any atom is -0.469 e. The van der Waals surface area contributed by atoms with Gasteiger partial charge in [-0.05, 0) is 12.8 Å². The number of nitrogens with zero attached hydrogens (tertiary/aromatic N) is 2. The highest BCUT2D eigenvalue weighted by molar-refractivity contribution is 5.74. The molecule has 19 heavy (non-hydrogen) atoms. The molecule has 0 radical (unpaired) electrons. The number of rotatable bonds is 8. The monoisotopic (exact) mass is 268 g/mol. The minimum atomic E-state index is -0.119. The second kappa shape index (κ2) is 8.56. The van der Waals surface area contributed by atoms with Crippen molar-refractivity contribution >= 4 is 11.9 Å². The van der Waals surface area contributed by atoms with Gasteiger partial charge < -0.3 is 9.64 Å². The lowest BCUT2D eigenvalue weighted by Gasteiger charge is -2.18. The molecule has 0 aromatic rings. The molecule has 5 heteroatoms. The van der Waals surface area contributed by atoms with E-state index in [0.717, 1.165) is 38.6 Å². The second-order valence-electron chi connectivity index (χ2n) is 4.83. The molecule has 1 aliphatic rings. The quantitative estimate of drug-likeness (QED) is 0.499. The Kier molecular flexibility index (Phi) is 7.00. The molecule has 0 N–H and O–H groups in total. The highest BCUT2D eigenvalue weighted by atomic mass is 16.5. The molecule has 108 valence electrons. The first kappa shape index (κ1) is 15.5. The number of carbonyl (C=O) groups excluding carboxylic acids is 2. The van der Waals surface area contributed by atoms with Crippen LogP contribution in [0.15, 0.2) is 12.4 Å². The molecular weight excluding hydrogens is 244 g/mol. The summed E-state index contributed by atoms with van der Waals surface area (Å²) in [6.07, 6.45) is 9.74. The van der Waals surface area contributed by atoms with Crippen molar-refractivity contribution in [3.05, 3.63) is 12.4 Å². The fourth-order valence-electron chi connectivity index (χ4n) is 2.03. The third-order valence-electron chi connectivity index (χ3n) is 3.25. The van der Waals surface area contributed by atoms with Crippen molar-refractivity contribution in [2.24, 2.45) is 0 Å². The average molecular weight is 268 g/mol. The van der Waals surface area contributed by atoms with Gasteiger partial charge in [-0.25, -0.2) is 0 Å². The molecule has 0 bridgehead atoms. The van der Waals surface area contributed by atoms with E-state index in [4.69, 9.17) is 0 Å². The molecule has 0 aliphatic carbocycles. The molecule has 0 aromatic carbocycles. The van der Waals surface area contributed by atoms with E-state index in [1.807, 2.05) is 12.4 Å². The number of methoxy groups -OCH3 is 1. The SMILES string of the molecule is COC(=O)CCCCCCCN1C=CN(C(C)=O)C1. The van der Waals surface area contributed by atoms with E-state index >= 15 is 0 Å². The third-order valence-corrected chi connectivity index (χ3v) is 3.25. The smallest absolute Gasteiger partial charge is 0.305 e. The number of hydrogen-bond donors (Lipinski definition) is 0. The van der Waals surface area contributed by atoms with Crippen molar-refractivity contribution in [1.29, 1.82) is 0 Å². The maximum absolute atomic E-state index is 11.1. The lowest BCUT2D eigenvalue weighted by Crippen LogP contribution is -2.29. The van der Waals surface area contributed by atoms with Crippen molar-refractivity contribution in [2.75, 3.05) is 20.3 Å². The van der Waals surface area contributed by atoms with Crippen molar-refractivity contribution in [1.82, 2.24) is 9.80 Å². The van der Waals surface area contributed by atoms with Gasteiger partial charge in [0.2, 0.25) is 5.91 Å². The average Bonchev–Trinajstić information content (AvgIpc) is 2.86. The fraction of sp³-hybridized carbons (Fsp3) is 0.714. The van der Waals surface area contributed by atoms with Crippen LogP contribution >= 0.6 is 0 Å². The first-order chi connectivity index (χ1) is 9.13. The van der Waals surface area contributed by atoms with E-state index in [0.29, 0.717) is 13.1 Å². The number of hydrogen-bond acceptors (Lipinski definition) is 4. The zero-order valence-corrected chi connectivity index (χ0v) is 11.9. The predicted molar refractivity (Wildman–Crippen MR) is 73.0 cm³/mol. The predicted octanol–water partition coefficient (Wildman–Crippen LogP) is 2.09. The summed E-state index contributed by atoms with van der Waals surface area (Å²) in [5, 5.41) is 0. The van der Waals surface area contributed by atoms with E-state index in [2.05, 4.69) is 9.64 Å². The Hall–Kier alpha value is -1.52. The van der Waals surface area contributed by atoms with Crippen LogP contribution in [0.1, 0.15) is 45.4 Å². The van der Waals surface area contributed by atoms with Crippen LogP contribution in [0.4, 0.5) is 0 Å². The maximum Gasteiger partial charge on any atom is 0.305 e. The van der Waals surface area contributed by atoms with Crippen molar-refractivity contribution < 1.29 is 14.3 Å². The molecule has 1 amide bonds. The highest BCUT2D eigenvalue weighted by Gasteiger charge is 2.14. The van der Waals surface area contributed by atoms with Gasteiger partial charge in [-0.1, -0.05) is 19.3 Å². The van der Waals surface area contributed by atoms with Gasteiger partial charge in [-0.3, -0.25) is 14.5 Å². The van der Waals surface area contributed by atoms with Crippen LogP contribution in [0.25, 0.3) is 0 Å². The Bertz CT molecular complexity index is 329. The lowest BCUT2D eigenvalue weighted by atomic mass is 10.1. The maximum atomic E-state index is 11.1. The van der Waals surface area contributed by atoms with E-state index in [-0.39, 0.29) is 11.9 Å². The summed E-state index contributed by atoms with van der Waals surface area (Å²) in [6.45, 7) is 3.24. The summed E-state index contributed by atoms with van der Waals surface area (Å²) in [5.74, 6) is -0.0342. The molecule has 1 rings (SSSR count). The van der Waals surface area contributed by atoms with E-state index in [1.54, 1.807) is 11.8 Å². The molecule has 0 spiro atoms. The fourth-order valence-corrected chi connectivity index (χ4v) is 2.03. The summed E-state index contributed by atoms with van der Waals surface area (Å²) >= 11 is 0.